The Balaban J connectivity index is 1.47. The maximum Gasteiger partial charge on any atom is 0.257 e. The average Bonchev–Trinajstić information content (AvgIpc) is 3.17. The van der Waals surface area contributed by atoms with E-state index in [0.717, 1.165) is 41.7 Å². The van der Waals surface area contributed by atoms with Gasteiger partial charge in [-0.05, 0) is 60.4 Å². The molecule has 144 valence electrons. The van der Waals surface area contributed by atoms with Crippen molar-refractivity contribution in [2.75, 3.05) is 17.2 Å². The highest BCUT2D eigenvalue weighted by atomic mass is 19.1. The number of carbonyl (C=O) groups excluding carboxylic acids is 1. The van der Waals surface area contributed by atoms with E-state index in [-0.39, 0.29) is 5.91 Å². The second-order valence-electron chi connectivity index (χ2n) is 7.16. The number of halogens is 1. The van der Waals surface area contributed by atoms with Crippen molar-refractivity contribution in [1.29, 1.82) is 0 Å². The van der Waals surface area contributed by atoms with Crippen LogP contribution < -0.4 is 10.6 Å². The molecule has 0 saturated heterocycles. The molecule has 2 aromatic carbocycles. The Bertz CT molecular complexity index is 1230. The minimum absolute atomic E-state index is 0.212. The number of fused-ring (bicyclic) bond motifs is 2. The van der Waals surface area contributed by atoms with Crippen LogP contribution in [0.5, 0.6) is 0 Å². The molecule has 1 aliphatic rings. The molecule has 4 aromatic rings. The van der Waals surface area contributed by atoms with Crippen molar-refractivity contribution in [2.24, 2.45) is 0 Å². The molecule has 1 amide bonds. The molecule has 29 heavy (non-hydrogen) atoms. The first-order chi connectivity index (χ1) is 14.2. The summed E-state index contributed by atoms with van der Waals surface area (Å²) in [6.45, 7) is 0.945. The average molecular weight is 386 g/mol. The smallest absolute Gasteiger partial charge is 0.257 e. The molecule has 6 heteroatoms. The van der Waals surface area contributed by atoms with Crippen molar-refractivity contribution in [3.63, 3.8) is 0 Å². The number of anilines is 2. The fraction of sp³-hybridized carbons (Fsp3) is 0.130. The number of nitrogens with one attached hydrogen (secondary N) is 3. The first kappa shape index (κ1) is 17.4. The van der Waals surface area contributed by atoms with Gasteiger partial charge in [0.2, 0.25) is 5.95 Å². The van der Waals surface area contributed by atoms with Gasteiger partial charge in [0.25, 0.3) is 5.91 Å². The maximum absolute atomic E-state index is 14.1. The van der Waals surface area contributed by atoms with Gasteiger partial charge in [0, 0.05) is 46.8 Å². The van der Waals surface area contributed by atoms with Gasteiger partial charge in [-0.1, -0.05) is 12.1 Å². The monoisotopic (exact) mass is 386 g/mol. The third-order valence-corrected chi connectivity index (χ3v) is 5.30. The molecule has 0 atom stereocenters. The fourth-order valence-corrected chi connectivity index (χ4v) is 3.81. The number of benzene rings is 2. The summed E-state index contributed by atoms with van der Waals surface area (Å²) in [6.07, 6.45) is 5.26. The molecule has 5 rings (SSSR count). The SMILES string of the molecule is O=C(Nc1ccc2c(c1)NCCC2)c1c[nH]c2ccc(-c3cccnc3F)cc12. The van der Waals surface area contributed by atoms with Gasteiger partial charge in [-0.25, -0.2) is 4.98 Å². The fourth-order valence-electron chi connectivity index (χ4n) is 3.81. The van der Waals surface area contributed by atoms with E-state index in [2.05, 4.69) is 26.7 Å². The molecular formula is C23H19FN4O. The predicted molar refractivity (Wildman–Crippen MR) is 113 cm³/mol. The van der Waals surface area contributed by atoms with Gasteiger partial charge in [0.15, 0.2) is 0 Å². The number of aromatic amines is 1. The third kappa shape index (κ3) is 3.23. The highest BCUT2D eigenvalue weighted by Crippen LogP contribution is 2.29. The van der Waals surface area contributed by atoms with Crippen molar-refractivity contribution < 1.29 is 9.18 Å². The standard InChI is InChI=1S/C23H19FN4O/c24-22-17(4-2-10-26-22)15-6-8-20-18(11-15)19(13-27-20)23(29)28-16-7-5-14-3-1-9-25-21(14)12-16/h2,4-8,10-13,25,27H,1,3,9H2,(H,28,29). The highest BCUT2D eigenvalue weighted by molar-refractivity contribution is 6.13. The predicted octanol–water partition coefficient (Wildman–Crippen LogP) is 4.98. The second kappa shape index (κ2) is 7.05. The first-order valence-corrected chi connectivity index (χ1v) is 9.59. The molecule has 0 bridgehead atoms. The summed E-state index contributed by atoms with van der Waals surface area (Å²) in [7, 11) is 0. The van der Waals surface area contributed by atoms with Crippen molar-refractivity contribution in [3.05, 3.63) is 78.0 Å². The Kier molecular flexibility index (Phi) is 4.24. The van der Waals surface area contributed by atoms with E-state index in [1.165, 1.54) is 11.8 Å². The molecule has 5 nitrogen and oxygen atoms in total. The number of H-pyrrole nitrogens is 1. The number of hydrogen-bond donors (Lipinski definition) is 3. The van der Waals surface area contributed by atoms with Gasteiger partial charge in [-0.15, -0.1) is 0 Å². The van der Waals surface area contributed by atoms with Crippen molar-refractivity contribution in [1.82, 2.24) is 9.97 Å². The molecule has 0 aliphatic carbocycles. The van der Waals surface area contributed by atoms with Gasteiger partial charge >= 0.3 is 0 Å². The van der Waals surface area contributed by atoms with Gasteiger partial charge in [0.1, 0.15) is 0 Å². The zero-order valence-electron chi connectivity index (χ0n) is 15.6. The zero-order chi connectivity index (χ0) is 19.8. The number of rotatable bonds is 3. The maximum atomic E-state index is 14.1. The quantitative estimate of drug-likeness (QED) is 0.435. The number of pyridine rings is 1. The summed E-state index contributed by atoms with van der Waals surface area (Å²) in [5.41, 5.74) is 5.49. The Hall–Kier alpha value is -3.67. The number of carbonyl (C=O) groups is 1. The summed E-state index contributed by atoms with van der Waals surface area (Å²) >= 11 is 0. The molecule has 0 spiro atoms. The van der Waals surface area contributed by atoms with Gasteiger partial charge in [-0.2, -0.15) is 4.39 Å². The van der Waals surface area contributed by atoms with E-state index in [0.29, 0.717) is 16.7 Å². The minimum atomic E-state index is -0.532. The molecule has 3 N–H and O–H groups in total. The van der Waals surface area contributed by atoms with Crippen LogP contribution in [-0.4, -0.2) is 22.4 Å². The number of aromatic nitrogens is 2. The molecular weight excluding hydrogens is 367 g/mol. The zero-order valence-corrected chi connectivity index (χ0v) is 15.6. The van der Waals surface area contributed by atoms with Crippen LogP contribution in [-0.2, 0) is 6.42 Å². The Labute approximate surface area is 167 Å². The number of hydrogen-bond acceptors (Lipinski definition) is 3. The van der Waals surface area contributed by atoms with Crippen LogP contribution in [0.1, 0.15) is 22.3 Å². The Morgan fingerprint density at radius 3 is 2.97 bits per heavy atom. The van der Waals surface area contributed by atoms with Crippen molar-refractivity contribution >= 4 is 28.2 Å². The lowest BCUT2D eigenvalue weighted by Crippen LogP contribution is -2.14. The largest absolute Gasteiger partial charge is 0.385 e. The Morgan fingerprint density at radius 1 is 1.14 bits per heavy atom. The van der Waals surface area contributed by atoms with Crippen LogP contribution >= 0.6 is 0 Å². The van der Waals surface area contributed by atoms with E-state index < -0.39 is 5.95 Å². The van der Waals surface area contributed by atoms with Crippen LogP contribution in [0.2, 0.25) is 0 Å². The van der Waals surface area contributed by atoms with Crippen LogP contribution in [0.15, 0.2) is 60.9 Å². The molecule has 0 radical (unpaired) electrons. The lowest BCUT2D eigenvalue weighted by atomic mass is 10.0. The van der Waals surface area contributed by atoms with Gasteiger partial charge < -0.3 is 15.6 Å². The molecule has 3 heterocycles. The molecule has 0 saturated carbocycles. The van der Waals surface area contributed by atoms with E-state index in [9.17, 15) is 9.18 Å². The number of amides is 1. The lowest BCUT2D eigenvalue weighted by Gasteiger charge is -2.18. The van der Waals surface area contributed by atoms with Crippen LogP contribution in [0.4, 0.5) is 15.8 Å². The van der Waals surface area contributed by atoms with Crippen LogP contribution in [0.3, 0.4) is 0 Å². The van der Waals surface area contributed by atoms with Crippen LogP contribution in [0.25, 0.3) is 22.0 Å². The highest BCUT2D eigenvalue weighted by Gasteiger charge is 2.16. The van der Waals surface area contributed by atoms with E-state index in [1.807, 2.05) is 30.3 Å². The summed E-state index contributed by atoms with van der Waals surface area (Å²) in [5, 5.41) is 7.08. The summed E-state index contributed by atoms with van der Waals surface area (Å²) < 4.78 is 14.1. The Morgan fingerprint density at radius 2 is 2.07 bits per heavy atom. The van der Waals surface area contributed by atoms with Crippen molar-refractivity contribution in [3.8, 4) is 11.1 Å². The summed E-state index contributed by atoms with van der Waals surface area (Å²) in [6, 6.07) is 14.8. The number of nitrogens with zero attached hydrogens (tertiary/aromatic N) is 1. The summed E-state index contributed by atoms with van der Waals surface area (Å²) in [5.74, 6) is -0.745. The topological polar surface area (TPSA) is 69.8 Å². The van der Waals surface area contributed by atoms with Crippen molar-refractivity contribution in [2.45, 2.75) is 12.8 Å². The first-order valence-electron chi connectivity index (χ1n) is 9.59. The van der Waals surface area contributed by atoms with Gasteiger partial charge in [-0.3, -0.25) is 4.79 Å². The summed E-state index contributed by atoms with van der Waals surface area (Å²) in [4.78, 5) is 19.8. The minimum Gasteiger partial charge on any atom is -0.385 e. The van der Waals surface area contributed by atoms with E-state index >= 15 is 0 Å². The normalized spacial score (nSPS) is 13.0. The van der Waals surface area contributed by atoms with E-state index in [1.54, 1.807) is 18.3 Å². The lowest BCUT2D eigenvalue weighted by molar-refractivity contribution is 0.102. The van der Waals surface area contributed by atoms with E-state index in [4.69, 9.17) is 0 Å². The number of aryl methyl sites for hydroxylation is 1. The molecule has 1 aliphatic heterocycles. The van der Waals surface area contributed by atoms with Gasteiger partial charge in [0.05, 0.1) is 5.56 Å². The molecule has 0 fully saturated rings. The van der Waals surface area contributed by atoms with Crippen LogP contribution in [0, 0.1) is 5.95 Å². The molecule has 2 aromatic heterocycles. The molecule has 0 unspecified atom stereocenters. The third-order valence-electron chi connectivity index (χ3n) is 5.30. The second-order valence-corrected chi connectivity index (χ2v) is 7.16.